The van der Waals surface area contributed by atoms with E-state index in [4.69, 9.17) is 18.9 Å². The van der Waals surface area contributed by atoms with Crippen molar-refractivity contribution in [2.45, 2.75) is 39.5 Å². The van der Waals surface area contributed by atoms with E-state index < -0.39 is 0 Å². The van der Waals surface area contributed by atoms with Crippen LogP contribution in [0.5, 0.6) is 17.2 Å². The Morgan fingerprint density at radius 2 is 1.84 bits per heavy atom. The largest absolute Gasteiger partial charge is 0.496 e. The zero-order chi connectivity index (χ0) is 22.2. The number of methoxy groups -OCH3 is 2. The molecule has 0 aliphatic carbocycles. The van der Waals surface area contributed by atoms with Crippen LogP contribution in [0.4, 0.5) is 0 Å². The van der Waals surface area contributed by atoms with E-state index >= 15 is 0 Å². The van der Waals surface area contributed by atoms with Gasteiger partial charge in [0.25, 0.3) is 0 Å². The molecule has 0 bridgehead atoms. The molecule has 168 valence electrons. The summed E-state index contributed by atoms with van der Waals surface area (Å²) < 4.78 is 22.5. The fraction of sp³-hybridized carbons (Fsp3) is 0.458. The smallest absolute Gasteiger partial charge is 0.191 e. The first kappa shape index (κ1) is 22.7. The van der Waals surface area contributed by atoms with Gasteiger partial charge in [-0.05, 0) is 37.6 Å². The third kappa shape index (κ3) is 6.04. The van der Waals surface area contributed by atoms with Crippen LogP contribution in [0.2, 0.25) is 0 Å². The predicted molar refractivity (Wildman–Crippen MR) is 122 cm³/mol. The Labute approximate surface area is 184 Å². The molecular formula is C24H33N3O4. The van der Waals surface area contributed by atoms with Gasteiger partial charge < -0.3 is 29.6 Å². The first-order valence-corrected chi connectivity index (χ1v) is 10.6. The fourth-order valence-electron chi connectivity index (χ4n) is 3.57. The minimum atomic E-state index is 0.201. The summed E-state index contributed by atoms with van der Waals surface area (Å²) in [5, 5.41) is 6.72. The van der Waals surface area contributed by atoms with E-state index in [0.29, 0.717) is 32.3 Å². The van der Waals surface area contributed by atoms with E-state index in [2.05, 4.69) is 53.7 Å². The van der Waals surface area contributed by atoms with Gasteiger partial charge in [0.05, 0.1) is 13.7 Å². The van der Waals surface area contributed by atoms with Crippen molar-refractivity contribution in [1.29, 1.82) is 0 Å². The molecular weight excluding hydrogens is 394 g/mol. The number of hydrogen-bond acceptors (Lipinski definition) is 5. The molecule has 0 saturated heterocycles. The highest BCUT2D eigenvalue weighted by molar-refractivity contribution is 5.79. The summed E-state index contributed by atoms with van der Waals surface area (Å²) in [5.74, 6) is 3.34. The number of ether oxygens (including phenoxy) is 4. The number of nitrogens with one attached hydrogen (secondary N) is 2. The number of benzene rings is 2. The zero-order valence-corrected chi connectivity index (χ0v) is 19.1. The molecule has 0 saturated carbocycles. The summed E-state index contributed by atoms with van der Waals surface area (Å²) in [4.78, 5) is 4.34. The summed E-state index contributed by atoms with van der Waals surface area (Å²) in [6.07, 6.45) is 1.11. The molecule has 2 N–H and O–H groups in total. The summed E-state index contributed by atoms with van der Waals surface area (Å²) in [7, 11) is 5.12. The maximum Gasteiger partial charge on any atom is 0.191 e. The van der Waals surface area contributed by atoms with Crippen molar-refractivity contribution in [2.24, 2.45) is 4.99 Å². The Balaban J connectivity index is 1.62. The lowest BCUT2D eigenvalue weighted by Crippen LogP contribution is -2.36. The Morgan fingerprint density at radius 3 is 2.55 bits per heavy atom. The Hall–Kier alpha value is -2.93. The lowest BCUT2D eigenvalue weighted by molar-refractivity contribution is 0.145. The van der Waals surface area contributed by atoms with Crippen molar-refractivity contribution in [3.05, 3.63) is 52.6 Å². The van der Waals surface area contributed by atoms with Gasteiger partial charge in [-0.15, -0.1) is 0 Å². The lowest BCUT2D eigenvalue weighted by atomic mass is 10.1. The third-order valence-corrected chi connectivity index (χ3v) is 5.18. The molecule has 1 aliphatic rings. The van der Waals surface area contributed by atoms with E-state index in [0.717, 1.165) is 40.4 Å². The molecule has 1 unspecified atom stereocenters. The maximum absolute atomic E-state index is 5.90. The van der Waals surface area contributed by atoms with Gasteiger partial charge in [0, 0.05) is 50.4 Å². The fourth-order valence-corrected chi connectivity index (χ4v) is 3.57. The van der Waals surface area contributed by atoms with Gasteiger partial charge in [-0.1, -0.05) is 12.1 Å². The summed E-state index contributed by atoms with van der Waals surface area (Å²) in [6, 6.07) is 10.3. The lowest BCUT2D eigenvalue weighted by Gasteiger charge is -2.16. The highest BCUT2D eigenvalue weighted by Gasteiger charge is 2.21. The summed E-state index contributed by atoms with van der Waals surface area (Å²) in [5.41, 5.74) is 4.43. The standard InChI is InChI=1S/C24H33N3O4/c1-16-6-7-18(22(10-16)30-9-8-28-4)14-26-24(25-3)27-15-20-13-23-19(11-17(2)31-23)12-21(20)29-5/h6-7,10,12-13,17H,8-9,11,14-15H2,1-5H3,(H2,25,26,27). The Bertz CT molecular complexity index is 914. The normalized spacial score (nSPS) is 15.3. The first-order chi connectivity index (χ1) is 15.0. The summed E-state index contributed by atoms with van der Waals surface area (Å²) >= 11 is 0. The SMILES string of the molecule is CN=C(NCc1cc2c(cc1OC)CC(C)O2)NCc1ccc(C)cc1OCCOC. The van der Waals surface area contributed by atoms with Gasteiger partial charge >= 0.3 is 0 Å². The quantitative estimate of drug-likeness (QED) is 0.364. The first-order valence-electron chi connectivity index (χ1n) is 10.6. The number of aliphatic imine (C=N–C) groups is 1. The van der Waals surface area contributed by atoms with Crippen LogP contribution in [0.15, 0.2) is 35.3 Å². The van der Waals surface area contributed by atoms with Gasteiger partial charge in [-0.3, -0.25) is 4.99 Å². The van der Waals surface area contributed by atoms with Gasteiger partial charge in [-0.25, -0.2) is 0 Å². The number of nitrogens with zero attached hydrogens (tertiary/aromatic N) is 1. The van der Waals surface area contributed by atoms with Gasteiger partial charge in [0.2, 0.25) is 0 Å². The molecule has 1 aliphatic heterocycles. The molecule has 2 aromatic carbocycles. The molecule has 7 heteroatoms. The number of fused-ring (bicyclic) bond motifs is 1. The van der Waals surface area contributed by atoms with Crippen LogP contribution >= 0.6 is 0 Å². The number of aryl methyl sites for hydroxylation is 1. The van der Waals surface area contributed by atoms with E-state index in [1.807, 2.05) is 6.07 Å². The van der Waals surface area contributed by atoms with Crippen molar-refractivity contribution in [3.63, 3.8) is 0 Å². The highest BCUT2D eigenvalue weighted by atomic mass is 16.5. The van der Waals surface area contributed by atoms with Crippen molar-refractivity contribution in [2.75, 3.05) is 34.5 Å². The van der Waals surface area contributed by atoms with E-state index in [1.165, 1.54) is 5.56 Å². The van der Waals surface area contributed by atoms with Gasteiger partial charge in [-0.2, -0.15) is 0 Å². The van der Waals surface area contributed by atoms with Crippen molar-refractivity contribution < 1.29 is 18.9 Å². The molecule has 0 aromatic heterocycles. The average molecular weight is 428 g/mol. The van der Waals surface area contributed by atoms with Crippen LogP contribution in [0.3, 0.4) is 0 Å². The molecule has 0 radical (unpaired) electrons. The molecule has 1 atom stereocenters. The second-order valence-corrected chi connectivity index (χ2v) is 7.64. The van der Waals surface area contributed by atoms with Crippen LogP contribution in [0.1, 0.15) is 29.2 Å². The van der Waals surface area contributed by atoms with Gasteiger partial charge in [0.1, 0.15) is 30.0 Å². The molecule has 3 rings (SSSR count). The average Bonchev–Trinajstić information content (AvgIpc) is 3.13. The topological polar surface area (TPSA) is 73.3 Å². The van der Waals surface area contributed by atoms with E-state index in [9.17, 15) is 0 Å². The molecule has 0 fully saturated rings. The second kappa shape index (κ2) is 10.9. The van der Waals surface area contributed by atoms with Crippen LogP contribution < -0.4 is 24.8 Å². The molecule has 0 spiro atoms. The Morgan fingerprint density at radius 1 is 1.06 bits per heavy atom. The Kier molecular flexibility index (Phi) is 8.00. The van der Waals surface area contributed by atoms with Gasteiger partial charge in [0.15, 0.2) is 5.96 Å². The van der Waals surface area contributed by atoms with E-state index in [1.54, 1.807) is 21.3 Å². The number of rotatable bonds is 9. The number of guanidine groups is 1. The molecule has 2 aromatic rings. The van der Waals surface area contributed by atoms with Crippen LogP contribution in [-0.4, -0.2) is 46.5 Å². The van der Waals surface area contributed by atoms with Crippen LogP contribution in [0.25, 0.3) is 0 Å². The molecule has 31 heavy (non-hydrogen) atoms. The molecule has 7 nitrogen and oxygen atoms in total. The van der Waals surface area contributed by atoms with Crippen LogP contribution in [-0.2, 0) is 24.2 Å². The number of hydrogen-bond donors (Lipinski definition) is 2. The van der Waals surface area contributed by atoms with Crippen molar-refractivity contribution in [3.8, 4) is 17.2 Å². The van der Waals surface area contributed by atoms with E-state index in [-0.39, 0.29) is 6.10 Å². The monoisotopic (exact) mass is 427 g/mol. The maximum atomic E-state index is 5.90. The molecule has 0 amide bonds. The minimum Gasteiger partial charge on any atom is -0.496 e. The van der Waals surface area contributed by atoms with Crippen LogP contribution in [0, 0.1) is 6.92 Å². The minimum absolute atomic E-state index is 0.201. The predicted octanol–water partition coefficient (Wildman–Crippen LogP) is 3.22. The third-order valence-electron chi connectivity index (χ3n) is 5.18. The molecule has 1 heterocycles. The second-order valence-electron chi connectivity index (χ2n) is 7.64. The van der Waals surface area contributed by atoms with Crippen molar-refractivity contribution >= 4 is 5.96 Å². The highest BCUT2D eigenvalue weighted by Crippen LogP contribution is 2.34. The summed E-state index contributed by atoms with van der Waals surface area (Å²) in [6.45, 7) is 6.35. The van der Waals surface area contributed by atoms with Crippen molar-refractivity contribution in [1.82, 2.24) is 10.6 Å². The zero-order valence-electron chi connectivity index (χ0n) is 19.1.